The van der Waals surface area contributed by atoms with Gasteiger partial charge >= 0.3 is 5.97 Å². The zero-order chi connectivity index (χ0) is 15.1. The average molecular weight is 280 g/mol. The molecule has 0 bridgehead atoms. The standard InChI is InChI=1S/C14H20N2O4/c1-9(2)13(14(18)19)16-12(17)8-15-10-6-4-5-7-11(10)20-3/h4-7,9,13,15H,8H2,1-3H3,(H,16,17)(H,18,19)/t13-/m0/s1. The monoisotopic (exact) mass is 280 g/mol. The van der Waals surface area contributed by atoms with Crippen LogP contribution in [0.25, 0.3) is 0 Å². The first-order valence-electron chi connectivity index (χ1n) is 6.34. The second-order valence-electron chi connectivity index (χ2n) is 4.68. The number of hydrogen-bond donors (Lipinski definition) is 3. The maximum atomic E-state index is 11.8. The predicted octanol–water partition coefficient (Wildman–Crippen LogP) is 1.33. The number of rotatable bonds is 7. The van der Waals surface area contributed by atoms with Crippen LogP contribution in [0.2, 0.25) is 0 Å². The van der Waals surface area contributed by atoms with E-state index in [0.717, 1.165) is 0 Å². The van der Waals surface area contributed by atoms with Gasteiger partial charge < -0.3 is 20.5 Å². The molecule has 1 rings (SSSR count). The number of carbonyl (C=O) groups is 2. The SMILES string of the molecule is COc1ccccc1NCC(=O)N[C@H](C(=O)O)C(C)C. The number of methoxy groups -OCH3 is 1. The molecule has 20 heavy (non-hydrogen) atoms. The molecule has 0 radical (unpaired) electrons. The Bertz CT molecular complexity index is 474. The van der Waals surface area contributed by atoms with Crippen molar-refractivity contribution in [3.8, 4) is 5.75 Å². The Hall–Kier alpha value is -2.24. The van der Waals surface area contributed by atoms with Crippen LogP contribution in [0.15, 0.2) is 24.3 Å². The molecule has 1 aromatic rings. The summed E-state index contributed by atoms with van der Waals surface area (Å²) in [6.07, 6.45) is 0. The van der Waals surface area contributed by atoms with Crippen LogP contribution < -0.4 is 15.4 Å². The van der Waals surface area contributed by atoms with Gasteiger partial charge in [-0.1, -0.05) is 26.0 Å². The van der Waals surface area contributed by atoms with Gasteiger partial charge in [-0.05, 0) is 18.1 Å². The van der Waals surface area contributed by atoms with E-state index in [9.17, 15) is 9.59 Å². The summed E-state index contributed by atoms with van der Waals surface area (Å²) in [5.74, 6) is -0.968. The summed E-state index contributed by atoms with van der Waals surface area (Å²) in [6.45, 7) is 3.47. The van der Waals surface area contributed by atoms with Crippen molar-refractivity contribution in [2.45, 2.75) is 19.9 Å². The minimum absolute atomic E-state index is 0.0170. The fourth-order valence-corrected chi connectivity index (χ4v) is 1.70. The topological polar surface area (TPSA) is 87.7 Å². The molecule has 6 nitrogen and oxygen atoms in total. The van der Waals surface area contributed by atoms with Crippen LogP contribution in [-0.2, 0) is 9.59 Å². The molecule has 0 aliphatic carbocycles. The molecule has 6 heteroatoms. The van der Waals surface area contributed by atoms with Crippen LogP contribution in [-0.4, -0.2) is 36.7 Å². The van der Waals surface area contributed by atoms with Gasteiger partial charge in [0.2, 0.25) is 5.91 Å². The summed E-state index contributed by atoms with van der Waals surface area (Å²) in [7, 11) is 1.54. The van der Waals surface area contributed by atoms with Crippen molar-refractivity contribution in [3.63, 3.8) is 0 Å². The summed E-state index contributed by atoms with van der Waals surface area (Å²) >= 11 is 0. The van der Waals surface area contributed by atoms with Crippen molar-refractivity contribution in [1.29, 1.82) is 0 Å². The smallest absolute Gasteiger partial charge is 0.326 e. The van der Waals surface area contributed by atoms with Gasteiger partial charge in [-0.3, -0.25) is 4.79 Å². The largest absolute Gasteiger partial charge is 0.495 e. The van der Waals surface area contributed by atoms with E-state index < -0.39 is 12.0 Å². The van der Waals surface area contributed by atoms with Gasteiger partial charge in [-0.25, -0.2) is 4.79 Å². The predicted molar refractivity (Wildman–Crippen MR) is 75.9 cm³/mol. The van der Waals surface area contributed by atoms with E-state index >= 15 is 0 Å². The van der Waals surface area contributed by atoms with Crippen LogP contribution in [0, 0.1) is 5.92 Å². The number of carboxylic acids is 1. The highest BCUT2D eigenvalue weighted by Crippen LogP contribution is 2.22. The summed E-state index contributed by atoms with van der Waals surface area (Å²) in [6, 6.07) is 6.31. The number of para-hydroxylation sites is 2. The van der Waals surface area contributed by atoms with Crippen molar-refractivity contribution < 1.29 is 19.4 Å². The molecule has 0 spiro atoms. The van der Waals surface area contributed by atoms with Crippen LogP contribution in [0.3, 0.4) is 0 Å². The molecular weight excluding hydrogens is 260 g/mol. The van der Waals surface area contributed by atoms with Crippen molar-refractivity contribution in [2.24, 2.45) is 5.92 Å². The Morgan fingerprint density at radius 3 is 2.50 bits per heavy atom. The molecular formula is C14H20N2O4. The van der Waals surface area contributed by atoms with Crippen molar-refractivity contribution >= 4 is 17.6 Å². The molecule has 0 aromatic heterocycles. The van der Waals surface area contributed by atoms with Crippen LogP contribution in [0.5, 0.6) is 5.75 Å². The van der Waals surface area contributed by atoms with Crippen LogP contribution in [0.4, 0.5) is 5.69 Å². The first-order chi connectivity index (χ1) is 9.45. The maximum Gasteiger partial charge on any atom is 0.326 e. The molecule has 0 aliphatic rings. The van der Waals surface area contributed by atoms with E-state index in [4.69, 9.17) is 9.84 Å². The van der Waals surface area contributed by atoms with E-state index in [0.29, 0.717) is 11.4 Å². The fraction of sp³-hybridized carbons (Fsp3) is 0.429. The number of carboxylic acid groups (broad SMARTS) is 1. The molecule has 1 aromatic carbocycles. The van der Waals surface area contributed by atoms with Gasteiger partial charge in [-0.2, -0.15) is 0 Å². The zero-order valence-corrected chi connectivity index (χ0v) is 11.8. The third kappa shape index (κ3) is 4.46. The van der Waals surface area contributed by atoms with Crippen LogP contribution >= 0.6 is 0 Å². The molecule has 0 fully saturated rings. The summed E-state index contributed by atoms with van der Waals surface area (Å²) in [4.78, 5) is 22.8. The van der Waals surface area contributed by atoms with Gasteiger partial charge in [0.25, 0.3) is 0 Å². The van der Waals surface area contributed by atoms with Gasteiger partial charge in [-0.15, -0.1) is 0 Å². The zero-order valence-electron chi connectivity index (χ0n) is 11.8. The normalized spacial score (nSPS) is 11.8. The second kappa shape index (κ2) is 7.37. The van der Waals surface area contributed by atoms with Crippen molar-refractivity contribution in [3.05, 3.63) is 24.3 Å². The van der Waals surface area contributed by atoms with Gasteiger partial charge in [0, 0.05) is 0 Å². The number of ether oxygens (including phenoxy) is 1. The molecule has 0 heterocycles. The molecule has 110 valence electrons. The number of anilines is 1. The van der Waals surface area contributed by atoms with E-state index in [-0.39, 0.29) is 18.4 Å². The molecule has 0 unspecified atom stereocenters. The number of aliphatic carboxylic acids is 1. The van der Waals surface area contributed by atoms with Crippen LogP contribution in [0.1, 0.15) is 13.8 Å². The molecule has 1 atom stereocenters. The number of carbonyl (C=O) groups excluding carboxylic acids is 1. The Morgan fingerprint density at radius 1 is 1.30 bits per heavy atom. The third-order valence-corrected chi connectivity index (χ3v) is 2.80. The quantitative estimate of drug-likeness (QED) is 0.701. The lowest BCUT2D eigenvalue weighted by Crippen LogP contribution is -2.46. The lowest BCUT2D eigenvalue weighted by molar-refractivity contribution is -0.142. The van der Waals surface area contributed by atoms with Gasteiger partial charge in [0.15, 0.2) is 0 Å². The van der Waals surface area contributed by atoms with E-state index in [1.807, 2.05) is 12.1 Å². The lowest BCUT2D eigenvalue weighted by Gasteiger charge is -2.18. The third-order valence-electron chi connectivity index (χ3n) is 2.80. The Labute approximate surface area is 118 Å². The summed E-state index contributed by atoms with van der Waals surface area (Å²) in [5, 5.41) is 14.4. The highest BCUT2D eigenvalue weighted by Gasteiger charge is 2.23. The number of nitrogens with one attached hydrogen (secondary N) is 2. The van der Waals surface area contributed by atoms with Gasteiger partial charge in [0.1, 0.15) is 11.8 Å². The highest BCUT2D eigenvalue weighted by molar-refractivity contribution is 5.86. The van der Waals surface area contributed by atoms with E-state index in [2.05, 4.69) is 10.6 Å². The van der Waals surface area contributed by atoms with Crippen molar-refractivity contribution in [2.75, 3.05) is 19.0 Å². The Morgan fingerprint density at radius 2 is 1.95 bits per heavy atom. The van der Waals surface area contributed by atoms with Gasteiger partial charge in [0.05, 0.1) is 19.3 Å². The number of hydrogen-bond acceptors (Lipinski definition) is 4. The fourth-order valence-electron chi connectivity index (χ4n) is 1.70. The molecule has 3 N–H and O–H groups in total. The minimum atomic E-state index is -1.04. The second-order valence-corrected chi connectivity index (χ2v) is 4.68. The molecule has 1 amide bonds. The number of benzene rings is 1. The molecule has 0 saturated heterocycles. The maximum absolute atomic E-state index is 11.8. The summed E-state index contributed by atoms with van der Waals surface area (Å²) in [5.41, 5.74) is 0.682. The first-order valence-corrected chi connectivity index (χ1v) is 6.34. The Balaban J connectivity index is 2.57. The highest BCUT2D eigenvalue weighted by atomic mass is 16.5. The minimum Gasteiger partial charge on any atom is -0.495 e. The van der Waals surface area contributed by atoms with E-state index in [1.54, 1.807) is 33.1 Å². The molecule has 0 saturated carbocycles. The van der Waals surface area contributed by atoms with Crippen molar-refractivity contribution in [1.82, 2.24) is 5.32 Å². The summed E-state index contributed by atoms with van der Waals surface area (Å²) < 4.78 is 5.15. The lowest BCUT2D eigenvalue weighted by atomic mass is 10.1. The first kappa shape index (κ1) is 15.8. The van der Waals surface area contributed by atoms with E-state index in [1.165, 1.54) is 0 Å². The average Bonchev–Trinajstić information content (AvgIpc) is 2.42. The molecule has 0 aliphatic heterocycles. The Kier molecular flexibility index (Phi) is 5.83. The number of amides is 1.